The van der Waals surface area contributed by atoms with Gasteiger partial charge in [-0.05, 0) is 12.1 Å². The van der Waals surface area contributed by atoms with Gasteiger partial charge in [-0.15, -0.1) is 5.10 Å². The molecular formula is C15H13F3N4O4S. The minimum atomic E-state index is -4.89. The Morgan fingerprint density at radius 1 is 1.15 bits per heavy atom. The number of methoxy groups -OCH3 is 2. The van der Waals surface area contributed by atoms with E-state index in [4.69, 9.17) is 9.47 Å². The first-order valence-corrected chi connectivity index (χ1v) is 8.80. The van der Waals surface area contributed by atoms with Crippen LogP contribution in [-0.2, 0) is 16.2 Å². The van der Waals surface area contributed by atoms with E-state index >= 15 is 0 Å². The first-order valence-electron chi connectivity index (χ1n) is 7.32. The highest BCUT2D eigenvalue weighted by Crippen LogP contribution is 2.39. The van der Waals surface area contributed by atoms with Crippen molar-refractivity contribution in [3.8, 4) is 11.6 Å². The molecule has 27 heavy (non-hydrogen) atoms. The molecule has 0 saturated heterocycles. The van der Waals surface area contributed by atoms with Crippen LogP contribution in [0.5, 0.6) is 11.6 Å². The summed E-state index contributed by atoms with van der Waals surface area (Å²) in [6.07, 6.45) is -3.62. The third-order valence-electron chi connectivity index (χ3n) is 3.55. The number of ether oxygens (including phenoxy) is 2. The number of hydrogen-bond acceptors (Lipinski definition) is 6. The molecule has 0 amide bonds. The van der Waals surface area contributed by atoms with Gasteiger partial charge in [-0.25, -0.2) is 17.9 Å². The van der Waals surface area contributed by atoms with E-state index in [1.165, 1.54) is 30.1 Å². The molecule has 12 heteroatoms. The normalized spacial score (nSPS) is 12.2. The van der Waals surface area contributed by atoms with Crippen LogP contribution in [0.25, 0.3) is 5.52 Å². The van der Waals surface area contributed by atoms with Crippen LogP contribution in [-0.4, -0.2) is 37.2 Å². The van der Waals surface area contributed by atoms with Crippen molar-refractivity contribution in [3.63, 3.8) is 0 Å². The molecule has 3 rings (SSSR count). The number of fused-ring (bicyclic) bond motifs is 1. The molecule has 0 saturated carbocycles. The highest BCUT2D eigenvalue weighted by atomic mass is 32.2. The first kappa shape index (κ1) is 18.8. The monoisotopic (exact) mass is 402 g/mol. The predicted octanol–water partition coefficient (Wildman–Crippen LogP) is 2.57. The van der Waals surface area contributed by atoms with Crippen LogP contribution in [0.2, 0.25) is 0 Å². The van der Waals surface area contributed by atoms with Crippen LogP contribution < -0.4 is 14.2 Å². The average molecular weight is 402 g/mol. The summed E-state index contributed by atoms with van der Waals surface area (Å²) in [5, 5.41) is 3.93. The second kappa shape index (κ2) is 6.61. The van der Waals surface area contributed by atoms with Crippen molar-refractivity contribution >= 4 is 21.4 Å². The number of sulfonamides is 1. The fourth-order valence-electron chi connectivity index (χ4n) is 2.41. The summed E-state index contributed by atoms with van der Waals surface area (Å²) >= 11 is 0. The van der Waals surface area contributed by atoms with Gasteiger partial charge in [-0.3, -0.25) is 4.72 Å². The first-order chi connectivity index (χ1) is 12.7. The Bertz CT molecular complexity index is 1100. The van der Waals surface area contributed by atoms with E-state index in [1.54, 1.807) is 0 Å². The standard InChI is InChI=1S/C15H13F3N4O4S/c1-25-11-5-3-4-10(15(16,17)18)14(11)27(23,24)21-12-6-9-7-13(26-2)19-8-22(9)20-12/h3-8H,1-2H3,(H,20,21). The van der Waals surface area contributed by atoms with Gasteiger partial charge in [0.1, 0.15) is 17.0 Å². The Labute approximate surface area is 151 Å². The molecule has 0 bridgehead atoms. The van der Waals surface area contributed by atoms with Gasteiger partial charge >= 0.3 is 6.18 Å². The van der Waals surface area contributed by atoms with E-state index in [0.29, 0.717) is 11.6 Å². The van der Waals surface area contributed by atoms with Gasteiger partial charge in [0.15, 0.2) is 5.82 Å². The van der Waals surface area contributed by atoms with Gasteiger partial charge in [0.2, 0.25) is 5.88 Å². The molecular weight excluding hydrogens is 389 g/mol. The van der Waals surface area contributed by atoms with Gasteiger partial charge in [-0.1, -0.05) is 6.07 Å². The number of anilines is 1. The number of alkyl halides is 3. The zero-order valence-electron chi connectivity index (χ0n) is 14.0. The van der Waals surface area contributed by atoms with Crippen molar-refractivity contribution in [1.82, 2.24) is 14.6 Å². The maximum Gasteiger partial charge on any atom is 0.417 e. The molecule has 2 heterocycles. The molecule has 0 aliphatic heterocycles. The van der Waals surface area contributed by atoms with Crippen LogP contribution in [0.4, 0.5) is 19.0 Å². The van der Waals surface area contributed by atoms with Crippen molar-refractivity contribution in [2.24, 2.45) is 0 Å². The molecule has 3 aromatic rings. The number of rotatable bonds is 5. The summed E-state index contributed by atoms with van der Waals surface area (Å²) < 4.78 is 78.3. The minimum Gasteiger partial charge on any atom is -0.495 e. The van der Waals surface area contributed by atoms with Gasteiger partial charge in [0.25, 0.3) is 10.0 Å². The smallest absolute Gasteiger partial charge is 0.417 e. The van der Waals surface area contributed by atoms with Crippen LogP contribution in [0.1, 0.15) is 5.56 Å². The number of aromatic nitrogens is 3. The molecule has 0 unspecified atom stereocenters. The van der Waals surface area contributed by atoms with E-state index in [1.807, 2.05) is 4.72 Å². The summed E-state index contributed by atoms with van der Waals surface area (Å²) in [4.78, 5) is 2.88. The Kier molecular flexibility index (Phi) is 4.59. The lowest BCUT2D eigenvalue weighted by molar-refractivity contribution is -0.140. The highest BCUT2D eigenvalue weighted by molar-refractivity contribution is 7.92. The fourth-order valence-corrected chi connectivity index (χ4v) is 3.78. The highest BCUT2D eigenvalue weighted by Gasteiger charge is 2.39. The van der Waals surface area contributed by atoms with Gasteiger partial charge in [0.05, 0.1) is 25.3 Å². The number of nitrogens with zero attached hydrogens (tertiary/aromatic N) is 3. The lowest BCUT2D eigenvalue weighted by atomic mass is 10.2. The molecule has 0 radical (unpaired) electrons. The predicted molar refractivity (Wildman–Crippen MR) is 88.3 cm³/mol. The van der Waals surface area contributed by atoms with E-state index in [0.717, 1.165) is 19.2 Å². The fraction of sp³-hybridized carbons (Fsp3) is 0.200. The summed E-state index contributed by atoms with van der Waals surface area (Å²) in [5.74, 6) is -0.366. The Balaban J connectivity index is 2.08. The van der Waals surface area contributed by atoms with Crippen LogP contribution in [0.3, 0.4) is 0 Å². The van der Waals surface area contributed by atoms with Crippen molar-refractivity contribution < 1.29 is 31.1 Å². The largest absolute Gasteiger partial charge is 0.495 e. The molecule has 0 aliphatic rings. The SMILES string of the molecule is COc1cc2cc(NS(=O)(=O)c3c(OC)cccc3C(F)(F)F)nn2cn1. The third-order valence-corrected chi connectivity index (χ3v) is 4.99. The van der Waals surface area contributed by atoms with Crippen molar-refractivity contribution in [2.75, 3.05) is 18.9 Å². The third kappa shape index (κ3) is 3.60. The molecule has 8 nitrogen and oxygen atoms in total. The Morgan fingerprint density at radius 3 is 2.52 bits per heavy atom. The number of halogens is 3. The maximum atomic E-state index is 13.3. The molecule has 1 N–H and O–H groups in total. The Morgan fingerprint density at radius 2 is 1.89 bits per heavy atom. The van der Waals surface area contributed by atoms with Gasteiger partial charge in [0, 0.05) is 12.1 Å². The summed E-state index contributed by atoms with van der Waals surface area (Å²) in [6, 6.07) is 5.65. The van der Waals surface area contributed by atoms with Crippen LogP contribution in [0.15, 0.2) is 41.6 Å². The Hall–Kier alpha value is -3.02. The van der Waals surface area contributed by atoms with Crippen molar-refractivity contribution in [3.05, 3.63) is 42.2 Å². The average Bonchev–Trinajstić information content (AvgIpc) is 3.00. The van der Waals surface area contributed by atoms with E-state index < -0.39 is 32.4 Å². The number of nitrogens with one attached hydrogen (secondary N) is 1. The van der Waals surface area contributed by atoms with E-state index in [9.17, 15) is 21.6 Å². The van der Waals surface area contributed by atoms with Crippen molar-refractivity contribution in [1.29, 1.82) is 0 Å². The van der Waals surface area contributed by atoms with Gasteiger partial charge in [-0.2, -0.15) is 13.2 Å². The topological polar surface area (TPSA) is 94.8 Å². The quantitative estimate of drug-likeness (QED) is 0.705. The zero-order chi connectivity index (χ0) is 19.8. The number of hydrogen-bond donors (Lipinski definition) is 1. The molecule has 0 spiro atoms. The summed E-state index contributed by atoms with van der Waals surface area (Å²) in [7, 11) is -2.17. The van der Waals surface area contributed by atoms with Crippen LogP contribution in [0, 0.1) is 0 Å². The summed E-state index contributed by atoms with van der Waals surface area (Å²) in [6.45, 7) is 0. The lowest BCUT2D eigenvalue weighted by Crippen LogP contribution is -2.20. The minimum absolute atomic E-state index is 0.191. The maximum absolute atomic E-state index is 13.3. The zero-order valence-corrected chi connectivity index (χ0v) is 14.8. The molecule has 0 atom stereocenters. The lowest BCUT2D eigenvalue weighted by Gasteiger charge is -2.16. The molecule has 0 fully saturated rings. The second-order valence-corrected chi connectivity index (χ2v) is 6.89. The molecule has 2 aromatic heterocycles. The van der Waals surface area contributed by atoms with E-state index in [-0.39, 0.29) is 11.7 Å². The van der Waals surface area contributed by atoms with Gasteiger partial charge < -0.3 is 9.47 Å². The molecule has 144 valence electrons. The van der Waals surface area contributed by atoms with E-state index in [2.05, 4.69) is 10.1 Å². The second-order valence-electron chi connectivity index (χ2n) is 5.27. The molecule has 0 aliphatic carbocycles. The summed E-state index contributed by atoms with van der Waals surface area (Å²) in [5.41, 5.74) is -0.919. The number of benzene rings is 1. The van der Waals surface area contributed by atoms with Crippen molar-refractivity contribution in [2.45, 2.75) is 11.1 Å². The van der Waals surface area contributed by atoms with Crippen LogP contribution >= 0.6 is 0 Å². The molecule has 1 aromatic carbocycles.